The van der Waals surface area contributed by atoms with Crippen molar-refractivity contribution in [1.82, 2.24) is 10.2 Å². The van der Waals surface area contributed by atoms with Gasteiger partial charge < -0.3 is 10.2 Å². The molecule has 0 spiro atoms. The zero-order valence-electron chi connectivity index (χ0n) is 6.83. The van der Waals surface area contributed by atoms with Crippen LogP contribution in [0.5, 0.6) is 0 Å². The maximum Gasteiger partial charge on any atom is 0.220 e. The van der Waals surface area contributed by atoms with Crippen molar-refractivity contribution in [2.75, 3.05) is 6.54 Å². The van der Waals surface area contributed by atoms with E-state index in [4.69, 9.17) is 0 Å². The molecule has 0 aromatic carbocycles. The third-order valence-corrected chi connectivity index (χ3v) is 2.51. The lowest BCUT2D eigenvalue weighted by molar-refractivity contribution is -0.129. The number of carbonyl (C=O) groups excluding carboxylic acids is 2. The van der Waals surface area contributed by atoms with Gasteiger partial charge in [-0.3, -0.25) is 4.79 Å². The fraction of sp³-hybridized carbons (Fsp3) is 0.625. The highest BCUT2D eigenvalue weighted by molar-refractivity contribution is 5.76. The maximum absolute atomic E-state index is 11.1. The zero-order valence-corrected chi connectivity index (χ0v) is 6.83. The minimum absolute atomic E-state index is 0.0231. The SMILES string of the molecule is CC(=O)N1C[C@H]2C[C@@H]1C(=C=O)N2. The van der Waals surface area contributed by atoms with Gasteiger partial charge in [0.1, 0.15) is 11.6 Å². The van der Waals surface area contributed by atoms with E-state index in [1.165, 1.54) is 6.92 Å². The summed E-state index contributed by atoms with van der Waals surface area (Å²) in [6.45, 7) is 2.26. The normalized spacial score (nSPS) is 31.8. The van der Waals surface area contributed by atoms with Gasteiger partial charge in [0.15, 0.2) is 0 Å². The quantitative estimate of drug-likeness (QED) is 0.484. The van der Waals surface area contributed by atoms with Crippen LogP contribution in [-0.4, -0.2) is 35.4 Å². The van der Waals surface area contributed by atoms with Gasteiger partial charge in [-0.05, 0) is 6.42 Å². The van der Waals surface area contributed by atoms with Crippen molar-refractivity contribution in [2.45, 2.75) is 25.4 Å². The second kappa shape index (κ2) is 2.35. The number of amides is 1. The summed E-state index contributed by atoms with van der Waals surface area (Å²) in [5, 5.41) is 3.02. The lowest BCUT2D eigenvalue weighted by atomic mass is 10.2. The summed E-state index contributed by atoms with van der Waals surface area (Å²) in [5.41, 5.74) is 0.543. The van der Waals surface area contributed by atoms with Crippen LogP contribution >= 0.6 is 0 Å². The first-order chi connectivity index (χ1) is 5.72. The van der Waals surface area contributed by atoms with Crippen molar-refractivity contribution in [1.29, 1.82) is 0 Å². The first kappa shape index (κ1) is 7.37. The summed E-state index contributed by atoms with van der Waals surface area (Å²) >= 11 is 0. The van der Waals surface area contributed by atoms with Crippen molar-refractivity contribution in [3.05, 3.63) is 5.70 Å². The van der Waals surface area contributed by atoms with E-state index in [1.807, 2.05) is 5.94 Å². The van der Waals surface area contributed by atoms with Crippen LogP contribution in [0.3, 0.4) is 0 Å². The molecule has 2 rings (SSSR count). The Kier molecular flexibility index (Phi) is 1.45. The Morgan fingerprint density at radius 3 is 3.00 bits per heavy atom. The number of carbonyl (C=O) groups is 1. The van der Waals surface area contributed by atoms with E-state index in [-0.39, 0.29) is 18.0 Å². The molecule has 0 radical (unpaired) electrons. The van der Waals surface area contributed by atoms with Gasteiger partial charge in [-0.15, -0.1) is 0 Å². The first-order valence-electron chi connectivity index (χ1n) is 4.01. The predicted octanol–water partition coefficient (Wildman–Crippen LogP) is -0.706. The molecule has 0 aliphatic carbocycles. The van der Waals surface area contributed by atoms with E-state index in [0.29, 0.717) is 5.70 Å². The van der Waals surface area contributed by atoms with Crippen molar-refractivity contribution >= 4 is 11.8 Å². The topological polar surface area (TPSA) is 49.4 Å². The molecule has 1 N–H and O–H groups in total. The van der Waals surface area contributed by atoms with Crippen LogP contribution < -0.4 is 5.32 Å². The Hall–Kier alpha value is -1.28. The summed E-state index contributed by atoms with van der Waals surface area (Å²) in [5.74, 6) is 1.88. The van der Waals surface area contributed by atoms with Gasteiger partial charge in [0.2, 0.25) is 5.91 Å². The van der Waals surface area contributed by atoms with Crippen LogP contribution in [0.2, 0.25) is 0 Å². The zero-order chi connectivity index (χ0) is 8.72. The molecule has 4 nitrogen and oxygen atoms in total. The molecular weight excluding hydrogens is 156 g/mol. The maximum atomic E-state index is 11.1. The summed E-state index contributed by atoms with van der Waals surface area (Å²) in [7, 11) is 0. The lowest BCUT2D eigenvalue weighted by Crippen LogP contribution is -2.44. The summed E-state index contributed by atoms with van der Waals surface area (Å²) in [6.07, 6.45) is 0.865. The van der Waals surface area contributed by atoms with Crippen molar-refractivity contribution < 1.29 is 9.59 Å². The van der Waals surface area contributed by atoms with Gasteiger partial charge in [-0.25, -0.2) is 4.79 Å². The minimum Gasteiger partial charge on any atom is -0.373 e. The molecule has 0 aromatic heterocycles. The fourth-order valence-corrected chi connectivity index (χ4v) is 1.98. The number of nitrogens with one attached hydrogen (secondary N) is 1. The monoisotopic (exact) mass is 166 g/mol. The van der Waals surface area contributed by atoms with Crippen molar-refractivity contribution in [3.63, 3.8) is 0 Å². The molecule has 2 atom stereocenters. The molecule has 2 aliphatic rings. The van der Waals surface area contributed by atoms with Gasteiger partial charge in [-0.1, -0.05) is 0 Å². The standard InChI is InChI=1S/C8H10N2O2/c1-5(12)10-3-6-2-8(10)7(4-11)9-6/h6,8-9H,2-3H2,1H3/t6-,8-/m1/s1. The van der Waals surface area contributed by atoms with E-state index < -0.39 is 0 Å². The summed E-state index contributed by atoms with van der Waals surface area (Å²) in [6, 6.07) is 0.250. The highest BCUT2D eigenvalue weighted by Gasteiger charge is 2.43. The molecule has 2 saturated heterocycles. The van der Waals surface area contributed by atoms with Crippen LogP contribution in [0.1, 0.15) is 13.3 Å². The lowest BCUT2D eigenvalue weighted by Gasteiger charge is -2.26. The van der Waals surface area contributed by atoms with Crippen LogP contribution in [0.15, 0.2) is 5.70 Å². The average molecular weight is 166 g/mol. The molecule has 4 heteroatoms. The molecule has 2 bridgehead atoms. The largest absolute Gasteiger partial charge is 0.373 e. The number of likely N-dealkylation sites (tertiary alicyclic amines) is 1. The highest BCUT2D eigenvalue weighted by atomic mass is 16.2. The van der Waals surface area contributed by atoms with Crippen molar-refractivity contribution in [2.24, 2.45) is 0 Å². The van der Waals surface area contributed by atoms with E-state index in [1.54, 1.807) is 4.90 Å². The summed E-state index contributed by atoms with van der Waals surface area (Å²) < 4.78 is 0. The average Bonchev–Trinajstić information content (AvgIpc) is 2.60. The third-order valence-electron chi connectivity index (χ3n) is 2.51. The van der Waals surface area contributed by atoms with Crippen molar-refractivity contribution in [3.8, 4) is 0 Å². The number of hydrogen-bond acceptors (Lipinski definition) is 3. The van der Waals surface area contributed by atoms with E-state index in [0.717, 1.165) is 13.0 Å². The first-order valence-corrected chi connectivity index (χ1v) is 4.01. The molecule has 0 unspecified atom stereocenters. The number of piperazine rings is 1. The van der Waals surface area contributed by atoms with Gasteiger partial charge in [-0.2, -0.15) is 0 Å². The van der Waals surface area contributed by atoms with E-state index >= 15 is 0 Å². The Balaban J connectivity index is 2.25. The number of rotatable bonds is 0. The van der Waals surface area contributed by atoms with E-state index in [9.17, 15) is 9.59 Å². The van der Waals surface area contributed by atoms with Crippen LogP contribution in [0.4, 0.5) is 0 Å². The van der Waals surface area contributed by atoms with Gasteiger partial charge >= 0.3 is 0 Å². The third kappa shape index (κ3) is 0.850. The predicted molar refractivity (Wildman–Crippen MR) is 41.9 cm³/mol. The number of hydrogen-bond donors (Lipinski definition) is 1. The van der Waals surface area contributed by atoms with Gasteiger partial charge in [0.25, 0.3) is 0 Å². The molecule has 0 aromatic rings. The van der Waals surface area contributed by atoms with E-state index in [2.05, 4.69) is 5.32 Å². The Morgan fingerprint density at radius 2 is 2.50 bits per heavy atom. The number of nitrogens with zero attached hydrogens (tertiary/aromatic N) is 1. The highest BCUT2D eigenvalue weighted by Crippen LogP contribution is 2.28. The molecule has 12 heavy (non-hydrogen) atoms. The van der Waals surface area contributed by atoms with Gasteiger partial charge in [0.05, 0.1) is 6.04 Å². The molecule has 2 fully saturated rings. The molecular formula is C8H10N2O2. The molecule has 0 saturated carbocycles. The van der Waals surface area contributed by atoms with Crippen LogP contribution in [0, 0.1) is 0 Å². The molecule has 1 amide bonds. The molecule has 64 valence electrons. The Labute approximate surface area is 70.2 Å². The molecule has 2 heterocycles. The molecule has 2 aliphatic heterocycles. The Bertz CT molecular complexity index is 279. The number of fused-ring (bicyclic) bond motifs is 2. The Morgan fingerprint density at radius 1 is 1.75 bits per heavy atom. The second-order valence-electron chi connectivity index (χ2n) is 3.28. The minimum atomic E-state index is -0.0231. The van der Waals surface area contributed by atoms with Crippen LogP contribution in [0.25, 0.3) is 0 Å². The van der Waals surface area contributed by atoms with Crippen LogP contribution in [-0.2, 0) is 9.59 Å². The second-order valence-corrected chi connectivity index (χ2v) is 3.28. The fourth-order valence-electron chi connectivity index (χ4n) is 1.98. The van der Waals surface area contributed by atoms with Gasteiger partial charge in [0, 0.05) is 19.5 Å². The smallest absolute Gasteiger partial charge is 0.220 e. The summed E-state index contributed by atoms with van der Waals surface area (Å²) in [4.78, 5) is 23.2.